The van der Waals surface area contributed by atoms with Gasteiger partial charge in [0.25, 0.3) is 5.91 Å². The highest BCUT2D eigenvalue weighted by molar-refractivity contribution is 7.12. The molecule has 1 atom stereocenters. The average molecular weight is 296 g/mol. The number of nitrogens with one attached hydrogen (secondary N) is 1. The average Bonchev–Trinajstić information content (AvgIpc) is 2.89. The van der Waals surface area contributed by atoms with Crippen molar-refractivity contribution in [3.63, 3.8) is 0 Å². The highest BCUT2D eigenvalue weighted by Gasteiger charge is 2.24. The predicted molar refractivity (Wildman–Crippen MR) is 77.7 cm³/mol. The molecule has 0 aromatic carbocycles. The van der Waals surface area contributed by atoms with E-state index in [-0.39, 0.29) is 31.0 Å². The van der Waals surface area contributed by atoms with E-state index in [1.807, 2.05) is 5.38 Å². The number of thiophene rings is 1. The number of nitrogens with zero attached hydrogens (tertiary/aromatic N) is 1. The van der Waals surface area contributed by atoms with E-state index in [1.54, 1.807) is 17.0 Å². The van der Waals surface area contributed by atoms with Gasteiger partial charge >= 0.3 is 0 Å². The van der Waals surface area contributed by atoms with Crippen LogP contribution >= 0.6 is 11.3 Å². The van der Waals surface area contributed by atoms with Crippen molar-refractivity contribution in [2.45, 2.75) is 31.7 Å². The molecule has 2 rings (SSSR count). The minimum Gasteiger partial charge on any atom is -0.394 e. The lowest BCUT2D eigenvalue weighted by atomic mass is 10.1. The van der Waals surface area contributed by atoms with Gasteiger partial charge in [0.05, 0.1) is 24.1 Å². The van der Waals surface area contributed by atoms with Crippen molar-refractivity contribution < 1.29 is 14.7 Å². The molecule has 1 aliphatic heterocycles. The SMILES string of the molecule is O=C(NCC(=O)N1CCCCCC1CO)c1cccs1. The quantitative estimate of drug-likeness (QED) is 0.878. The Morgan fingerprint density at radius 2 is 2.25 bits per heavy atom. The standard InChI is InChI=1S/C14H20N2O3S/c17-10-11-5-2-1-3-7-16(11)13(18)9-15-14(19)12-6-4-8-20-12/h4,6,8,11,17H,1-3,5,7,9-10H2,(H,15,19). The normalized spacial score (nSPS) is 19.4. The summed E-state index contributed by atoms with van der Waals surface area (Å²) in [5.41, 5.74) is 0. The third-order valence-electron chi connectivity index (χ3n) is 3.55. The summed E-state index contributed by atoms with van der Waals surface area (Å²) in [6.45, 7) is 0.650. The van der Waals surface area contributed by atoms with Gasteiger partial charge < -0.3 is 15.3 Å². The van der Waals surface area contributed by atoms with Crippen LogP contribution in [0.2, 0.25) is 0 Å². The summed E-state index contributed by atoms with van der Waals surface area (Å²) in [5.74, 6) is -0.334. The first-order valence-electron chi connectivity index (χ1n) is 6.94. The Morgan fingerprint density at radius 1 is 1.40 bits per heavy atom. The molecule has 1 aromatic heterocycles. The summed E-state index contributed by atoms with van der Waals surface area (Å²) in [4.78, 5) is 26.3. The minimum absolute atomic E-state index is 0.00671. The Bertz CT molecular complexity index is 447. The van der Waals surface area contributed by atoms with Crippen LogP contribution in [0.3, 0.4) is 0 Å². The Hall–Kier alpha value is -1.40. The maximum Gasteiger partial charge on any atom is 0.261 e. The van der Waals surface area contributed by atoms with Gasteiger partial charge in [0, 0.05) is 6.54 Å². The van der Waals surface area contributed by atoms with Gasteiger partial charge in [-0.2, -0.15) is 0 Å². The number of carbonyl (C=O) groups is 2. The first-order valence-corrected chi connectivity index (χ1v) is 7.82. The van der Waals surface area contributed by atoms with Crippen molar-refractivity contribution in [3.8, 4) is 0 Å². The van der Waals surface area contributed by atoms with Gasteiger partial charge in [-0.05, 0) is 24.3 Å². The van der Waals surface area contributed by atoms with Gasteiger partial charge in [-0.15, -0.1) is 11.3 Å². The third-order valence-corrected chi connectivity index (χ3v) is 4.42. The molecule has 1 unspecified atom stereocenters. The van der Waals surface area contributed by atoms with Gasteiger partial charge in [0.15, 0.2) is 0 Å². The number of hydrogen-bond acceptors (Lipinski definition) is 4. The number of carbonyl (C=O) groups excluding carboxylic acids is 2. The monoisotopic (exact) mass is 296 g/mol. The van der Waals surface area contributed by atoms with E-state index >= 15 is 0 Å². The molecule has 1 saturated heterocycles. The summed E-state index contributed by atoms with van der Waals surface area (Å²) >= 11 is 1.35. The largest absolute Gasteiger partial charge is 0.394 e. The fraction of sp³-hybridized carbons (Fsp3) is 0.571. The molecule has 0 aliphatic carbocycles. The smallest absolute Gasteiger partial charge is 0.261 e. The van der Waals surface area contributed by atoms with Crippen molar-refractivity contribution in [2.75, 3.05) is 19.7 Å². The van der Waals surface area contributed by atoms with Crippen LogP contribution in [0.1, 0.15) is 35.4 Å². The molecule has 5 nitrogen and oxygen atoms in total. The molecular weight excluding hydrogens is 276 g/mol. The van der Waals surface area contributed by atoms with Crippen molar-refractivity contribution >= 4 is 23.2 Å². The van der Waals surface area contributed by atoms with Crippen LogP contribution in [0.15, 0.2) is 17.5 Å². The number of hydrogen-bond donors (Lipinski definition) is 2. The van der Waals surface area contributed by atoms with Crippen LogP contribution in [0.5, 0.6) is 0 Å². The zero-order valence-corrected chi connectivity index (χ0v) is 12.2. The van der Waals surface area contributed by atoms with Gasteiger partial charge in [-0.3, -0.25) is 9.59 Å². The van der Waals surface area contributed by atoms with Crippen molar-refractivity contribution in [3.05, 3.63) is 22.4 Å². The molecule has 2 amide bonds. The first-order chi connectivity index (χ1) is 9.72. The molecule has 1 fully saturated rings. The van der Waals surface area contributed by atoms with E-state index in [0.29, 0.717) is 11.4 Å². The van der Waals surface area contributed by atoms with Crippen molar-refractivity contribution in [1.29, 1.82) is 0 Å². The summed E-state index contributed by atoms with van der Waals surface area (Å²) in [6, 6.07) is 3.42. The fourth-order valence-corrected chi connectivity index (χ4v) is 3.09. The summed E-state index contributed by atoms with van der Waals surface area (Å²) < 4.78 is 0. The fourth-order valence-electron chi connectivity index (χ4n) is 2.45. The first kappa shape index (κ1) is 15.0. The van der Waals surface area contributed by atoms with Gasteiger partial charge in [-0.1, -0.05) is 18.9 Å². The Labute approximate surface area is 122 Å². The summed E-state index contributed by atoms with van der Waals surface area (Å²) in [5, 5.41) is 13.9. The van der Waals surface area contributed by atoms with Crippen molar-refractivity contribution in [1.82, 2.24) is 10.2 Å². The number of aliphatic hydroxyl groups is 1. The molecule has 110 valence electrons. The third kappa shape index (κ3) is 3.80. The second-order valence-electron chi connectivity index (χ2n) is 4.93. The lowest BCUT2D eigenvalue weighted by Crippen LogP contribution is -2.46. The van der Waals surface area contributed by atoms with E-state index in [9.17, 15) is 14.7 Å². The van der Waals surface area contributed by atoms with Crippen LogP contribution in [0, 0.1) is 0 Å². The lowest BCUT2D eigenvalue weighted by molar-refractivity contribution is -0.133. The molecule has 1 aliphatic rings. The number of aliphatic hydroxyl groups excluding tert-OH is 1. The molecule has 2 N–H and O–H groups in total. The van der Waals surface area contributed by atoms with Crippen LogP contribution < -0.4 is 5.32 Å². The van der Waals surface area contributed by atoms with E-state index in [1.165, 1.54) is 11.3 Å². The van der Waals surface area contributed by atoms with E-state index in [0.717, 1.165) is 25.7 Å². The maximum atomic E-state index is 12.2. The second-order valence-corrected chi connectivity index (χ2v) is 5.88. The number of amides is 2. The van der Waals surface area contributed by atoms with Gasteiger partial charge in [-0.25, -0.2) is 0 Å². The molecule has 1 aromatic rings. The van der Waals surface area contributed by atoms with Crippen LogP contribution in [0.4, 0.5) is 0 Å². The second kappa shape index (κ2) is 7.40. The molecule has 6 heteroatoms. The number of likely N-dealkylation sites (tertiary alicyclic amines) is 1. The zero-order chi connectivity index (χ0) is 14.4. The molecule has 2 heterocycles. The van der Waals surface area contributed by atoms with E-state index in [2.05, 4.69) is 5.32 Å². The maximum absolute atomic E-state index is 12.2. The van der Waals surface area contributed by atoms with Crippen LogP contribution in [0.25, 0.3) is 0 Å². The molecule has 0 saturated carbocycles. The zero-order valence-electron chi connectivity index (χ0n) is 11.4. The number of rotatable bonds is 4. The van der Waals surface area contributed by atoms with Crippen LogP contribution in [-0.4, -0.2) is 47.6 Å². The summed E-state index contributed by atoms with van der Waals surface area (Å²) in [6.07, 6.45) is 3.92. The van der Waals surface area contributed by atoms with Crippen LogP contribution in [-0.2, 0) is 4.79 Å². The van der Waals surface area contributed by atoms with E-state index in [4.69, 9.17) is 0 Å². The Balaban J connectivity index is 1.88. The minimum atomic E-state index is -0.219. The highest BCUT2D eigenvalue weighted by atomic mass is 32.1. The van der Waals surface area contributed by atoms with Gasteiger partial charge in [0.1, 0.15) is 0 Å². The van der Waals surface area contributed by atoms with Crippen molar-refractivity contribution in [2.24, 2.45) is 0 Å². The highest BCUT2D eigenvalue weighted by Crippen LogP contribution is 2.16. The molecule has 0 radical (unpaired) electrons. The molecule has 0 bridgehead atoms. The summed E-state index contributed by atoms with van der Waals surface area (Å²) in [7, 11) is 0. The predicted octanol–water partition coefficient (Wildman–Crippen LogP) is 1.24. The molecule has 20 heavy (non-hydrogen) atoms. The Morgan fingerprint density at radius 3 is 2.95 bits per heavy atom. The lowest BCUT2D eigenvalue weighted by Gasteiger charge is -2.28. The molecular formula is C14H20N2O3S. The molecule has 0 spiro atoms. The topological polar surface area (TPSA) is 69.6 Å². The Kier molecular flexibility index (Phi) is 5.55. The van der Waals surface area contributed by atoms with Gasteiger partial charge in [0.2, 0.25) is 5.91 Å². The van der Waals surface area contributed by atoms with E-state index < -0.39 is 0 Å².